The van der Waals surface area contributed by atoms with E-state index in [4.69, 9.17) is 6.42 Å². The molecule has 3 heteroatoms. The average Bonchev–Trinajstić information content (AvgIpc) is 2.97. The molecule has 1 aliphatic carbocycles. The van der Waals surface area contributed by atoms with E-state index in [1.54, 1.807) is 0 Å². The fraction of sp³-hybridized carbons (Fsp3) is 0.727. The number of nitrogens with zero attached hydrogens (tertiary/aromatic N) is 1. The van der Waals surface area contributed by atoms with Gasteiger partial charge in [-0.05, 0) is 25.8 Å². The summed E-state index contributed by atoms with van der Waals surface area (Å²) in [5.74, 6) is 2.44. The lowest BCUT2D eigenvalue weighted by atomic mass is 10.3. The van der Waals surface area contributed by atoms with Crippen LogP contribution in [0.1, 0.15) is 26.2 Å². The second-order valence-electron chi connectivity index (χ2n) is 3.68. The SMILES string of the molecule is C#CCNC(=O)CN(CCC)C1CC1. The maximum atomic E-state index is 11.4. The highest BCUT2D eigenvalue weighted by Gasteiger charge is 2.29. The molecular weight excluding hydrogens is 176 g/mol. The molecule has 0 aliphatic heterocycles. The van der Waals surface area contributed by atoms with Crippen molar-refractivity contribution in [1.29, 1.82) is 0 Å². The van der Waals surface area contributed by atoms with Crippen molar-refractivity contribution in [2.45, 2.75) is 32.2 Å². The van der Waals surface area contributed by atoms with E-state index in [2.05, 4.69) is 23.1 Å². The molecule has 14 heavy (non-hydrogen) atoms. The molecular formula is C11H18N2O. The van der Waals surface area contributed by atoms with Crippen molar-refractivity contribution in [3.8, 4) is 12.3 Å². The first kappa shape index (κ1) is 11.1. The zero-order valence-electron chi connectivity index (χ0n) is 8.75. The maximum Gasteiger partial charge on any atom is 0.234 e. The largest absolute Gasteiger partial charge is 0.344 e. The zero-order valence-corrected chi connectivity index (χ0v) is 8.75. The maximum absolute atomic E-state index is 11.4. The molecule has 1 N–H and O–H groups in total. The number of nitrogens with one attached hydrogen (secondary N) is 1. The molecule has 0 aromatic carbocycles. The van der Waals surface area contributed by atoms with Crippen LogP contribution in [0.15, 0.2) is 0 Å². The summed E-state index contributed by atoms with van der Waals surface area (Å²) in [7, 11) is 0. The van der Waals surface area contributed by atoms with Crippen LogP contribution >= 0.6 is 0 Å². The minimum absolute atomic E-state index is 0.0447. The normalized spacial score (nSPS) is 15.2. The number of hydrogen-bond donors (Lipinski definition) is 1. The summed E-state index contributed by atoms with van der Waals surface area (Å²) in [4.78, 5) is 13.6. The smallest absolute Gasteiger partial charge is 0.234 e. The number of rotatable bonds is 6. The van der Waals surface area contributed by atoms with Gasteiger partial charge in [-0.2, -0.15) is 0 Å². The standard InChI is InChI=1S/C11H18N2O/c1-3-7-12-11(14)9-13(8-4-2)10-5-6-10/h1,10H,4-9H2,2H3,(H,12,14). The minimum atomic E-state index is 0.0447. The molecule has 0 bridgehead atoms. The Morgan fingerprint density at radius 3 is 2.86 bits per heavy atom. The van der Waals surface area contributed by atoms with Crippen molar-refractivity contribution in [2.75, 3.05) is 19.6 Å². The van der Waals surface area contributed by atoms with E-state index in [9.17, 15) is 4.79 Å². The highest BCUT2D eigenvalue weighted by molar-refractivity contribution is 5.78. The third kappa shape index (κ3) is 3.80. The molecule has 1 saturated carbocycles. The van der Waals surface area contributed by atoms with Gasteiger partial charge in [0.15, 0.2) is 0 Å². The number of hydrogen-bond acceptors (Lipinski definition) is 2. The van der Waals surface area contributed by atoms with E-state index < -0.39 is 0 Å². The zero-order chi connectivity index (χ0) is 10.4. The van der Waals surface area contributed by atoms with Crippen molar-refractivity contribution in [3.63, 3.8) is 0 Å². The lowest BCUT2D eigenvalue weighted by Gasteiger charge is -2.19. The van der Waals surface area contributed by atoms with E-state index in [0.29, 0.717) is 19.1 Å². The van der Waals surface area contributed by atoms with Crippen LogP contribution < -0.4 is 5.32 Å². The summed E-state index contributed by atoms with van der Waals surface area (Å²) < 4.78 is 0. The van der Waals surface area contributed by atoms with Crippen LogP contribution in [0.5, 0.6) is 0 Å². The van der Waals surface area contributed by atoms with Gasteiger partial charge in [0.1, 0.15) is 0 Å². The molecule has 0 unspecified atom stereocenters. The van der Waals surface area contributed by atoms with Crippen molar-refractivity contribution in [1.82, 2.24) is 10.2 Å². The predicted molar refractivity (Wildman–Crippen MR) is 56.7 cm³/mol. The summed E-state index contributed by atoms with van der Waals surface area (Å²) in [5, 5.41) is 2.69. The highest BCUT2D eigenvalue weighted by atomic mass is 16.2. The van der Waals surface area contributed by atoms with Gasteiger partial charge in [0.2, 0.25) is 5.91 Å². The predicted octanol–water partition coefficient (Wildman–Crippen LogP) is 0.610. The van der Waals surface area contributed by atoms with E-state index in [0.717, 1.165) is 13.0 Å². The number of amides is 1. The fourth-order valence-electron chi connectivity index (χ4n) is 1.51. The van der Waals surface area contributed by atoms with E-state index in [1.807, 2.05) is 0 Å². The number of carbonyl (C=O) groups excluding carboxylic acids is 1. The summed E-state index contributed by atoms with van der Waals surface area (Å²) >= 11 is 0. The van der Waals surface area contributed by atoms with E-state index in [-0.39, 0.29) is 5.91 Å². The average molecular weight is 194 g/mol. The Morgan fingerprint density at radius 2 is 2.36 bits per heavy atom. The Labute approximate surface area is 85.9 Å². The molecule has 0 aromatic rings. The van der Waals surface area contributed by atoms with Crippen LogP contribution in [-0.4, -0.2) is 36.5 Å². The Morgan fingerprint density at radius 1 is 1.64 bits per heavy atom. The van der Waals surface area contributed by atoms with E-state index >= 15 is 0 Å². The third-order valence-electron chi connectivity index (χ3n) is 2.31. The highest BCUT2D eigenvalue weighted by Crippen LogP contribution is 2.26. The molecule has 0 spiro atoms. The Balaban J connectivity index is 2.24. The molecule has 1 fully saturated rings. The molecule has 3 nitrogen and oxygen atoms in total. The number of terminal acetylenes is 1. The molecule has 1 aliphatic rings. The minimum Gasteiger partial charge on any atom is -0.344 e. The lowest BCUT2D eigenvalue weighted by Crippen LogP contribution is -2.38. The third-order valence-corrected chi connectivity index (χ3v) is 2.31. The van der Waals surface area contributed by atoms with Gasteiger partial charge in [-0.25, -0.2) is 0 Å². The van der Waals surface area contributed by atoms with Gasteiger partial charge < -0.3 is 5.32 Å². The second kappa shape index (κ2) is 5.66. The molecule has 0 aromatic heterocycles. The lowest BCUT2D eigenvalue weighted by molar-refractivity contribution is -0.122. The van der Waals surface area contributed by atoms with Crippen LogP contribution in [-0.2, 0) is 4.79 Å². The Hall–Kier alpha value is -1.01. The summed E-state index contributed by atoms with van der Waals surface area (Å²) in [6.07, 6.45) is 8.63. The summed E-state index contributed by atoms with van der Waals surface area (Å²) in [5.41, 5.74) is 0. The molecule has 0 radical (unpaired) electrons. The first-order chi connectivity index (χ1) is 6.77. The van der Waals surface area contributed by atoms with Crippen LogP contribution in [0, 0.1) is 12.3 Å². The first-order valence-electron chi connectivity index (χ1n) is 5.22. The van der Waals surface area contributed by atoms with Crippen molar-refractivity contribution >= 4 is 5.91 Å². The van der Waals surface area contributed by atoms with Crippen LogP contribution in [0.2, 0.25) is 0 Å². The van der Waals surface area contributed by atoms with Gasteiger partial charge in [-0.15, -0.1) is 6.42 Å². The molecule has 0 heterocycles. The van der Waals surface area contributed by atoms with Crippen molar-refractivity contribution < 1.29 is 4.79 Å². The molecule has 78 valence electrons. The molecule has 1 rings (SSSR count). The monoisotopic (exact) mass is 194 g/mol. The quantitative estimate of drug-likeness (QED) is 0.628. The Kier molecular flexibility index (Phi) is 4.48. The van der Waals surface area contributed by atoms with Crippen molar-refractivity contribution in [3.05, 3.63) is 0 Å². The second-order valence-corrected chi connectivity index (χ2v) is 3.68. The molecule has 0 saturated heterocycles. The van der Waals surface area contributed by atoms with Crippen LogP contribution in [0.4, 0.5) is 0 Å². The summed E-state index contributed by atoms with van der Waals surface area (Å²) in [6.45, 7) is 3.98. The van der Waals surface area contributed by atoms with Gasteiger partial charge in [0, 0.05) is 6.04 Å². The topological polar surface area (TPSA) is 32.3 Å². The van der Waals surface area contributed by atoms with Crippen molar-refractivity contribution in [2.24, 2.45) is 0 Å². The van der Waals surface area contributed by atoms with Gasteiger partial charge in [0.25, 0.3) is 0 Å². The van der Waals surface area contributed by atoms with Gasteiger partial charge in [-0.1, -0.05) is 12.8 Å². The Bertz CT molecular complexity index is 228. The molecule has 0 atom stereocenters. The van der Waals surface area contributed by atoms with Crippen LogP contribution in [0.25, 0.3) is 0 Å². The van der Waals surface area contributed by atoms with E-state index in [1.165, 1.54) is 12.8 Å². The van der Waals surface area contributed by atoms with Gasteiger partial charge >= 0.3 is 0 Å². The van der Waals surface area contributed by atoms with Crippen LogP contribution in [0.3, 0.4) is 0 Å². The first-order valence-corrected chi connectivity index (χ1v) is 5.22. The fourth-order valence-corrected chi connectivity index (χ4v) is 1.51. The number of carbonyl (C=O) groups is 1. The van der Waals surface area contributed by atoms with Gasteiger partial charge in [-0.3, -0.25) is 9.69 Å². The van der Waals surface area contributed by atoms with Gasteiger partial charge in [0.05, 0.1) is 13.1 Å². The summed E-state index contributed by atoms with van der Waals surface area (Å²) in [6, 6.07) is 0.645. The molecule has 1 amide bonds.